The fourth-order valence-corrected chi connectivity index (χ4v) is 2.80. The van der Waals surface area contributed by atoms with Gasteiger partial charge in [0.05, 0.1) is 12.0 Å². The highest BCUT2D eigenvalue weighted by atomic mass is 35.5. The van der Waals surface area contributed by atoms with Gasteiger partial charge >= 0.3 is 0 Å². The van der Waals surface area contributed by atoms with Gasteiger partial charge in [-0.2, -0.15) is 0 Å². The summed E-state index contributed by atoms with van der Waals surface area (Å²) in [5, 5.41) is 58.6. The van der Waals surface area contributed by atoms with Gasteiger partial charge < -0.3 is 44.8 Å². The van der Waals surface area contributed by atoms with Crippen molar-refractivity contribution in [3.05, 3.63) is 0 Å². The Morgan fingerprint density at radius 2 is 1.68 bits per heavy atom. The van der Waals surface area contributed by atoms with Crippen LogP contribution in [0, 0.1) is 0 Å². The molecular formula is C12H21ClO9. The molecule has 10 heteroatoms. The van der Waals surface area contributed by atoms with Crippen molar-refractivity contribution in [1.29, 1.82) is 0 Å². The van der Waals surface area contributed by atoms with Gasteiger partial charge in [-0.25, -0.2) is 0 Å². The van der Waals surface area contributed by atoms with Crippen LogP contribution in [0.1, 0.15) is 6.92 Å². The van der Waals surface area contributed by atoms with Crippen LogP contribution in [0.4, 0.5) is 0 Å². The second kappa shape index (κ2) is 6.81. The number of ether oxygens (including phenoxy) is 3. The Bertz CT molecular complexity index is 386. The minimum atomic E-state index is -2.06. The van der Waals surface area contributed by atoms with E-state index in [1.165, 1.54) is 6.92 Å². The van der Waals surface area contributed by atoms with Crippen molar-refractivity contribution in [1.82, 2.24) is 0 Å². The average Bonchev–Trinajstić information content (AvgIpc) is 2.75. The summed E-state index contributed by atoms with van der Waals surface area (Å²) in [5.74, 6) is -2.22. The minimum Gasteiger partial charge on any atom is -0.391 e. The Kier molecular flexibility index (Phi) is 5.66. The maximum atomic E-state index is 10.0. The maximum Gasteiger partial charge on any atom is 0.224 e. The monoisotopic (exact) mass is 344 g/mol. The molecule has 2 aliphatic heterocycles. The van der Waals surface area contributed by atoms with Crippen LogP contribution in [-0.4, -0.2) is 97.9 Å². The van der Waals surface area contributed by atoms with Crippen molar-refractivity contribution in [3.8, 4) is 0 Å². The molecule has 0 aromatic rings. The van der Waals surface area contributed by atoms with Crippen LogP contribution in [0.3, 0.4) is 0 Å². The van der Waals surface area contributed by atoms with E-state index >= 15 is 0 Å². The van der Waals surface area contributed by atoms with Gasteiger partial charge in [-0.15, -0.1) is 11.6 Å². The Hall–Kier alpha value is -0.0700. The van der Waals surface area contributed by atoms with Gasteiger partial charge in [0.25, 0.3) is 0 Å². The summed E-state index contributed by atoms with van der Waals surface area (Å²) in [6.07, 6.45) is -10.9. The predicted octanol–water partition coefficient (Wildman–Crippen LogP) is -3.12. The van der Waals surface area contributed by atoms with Crippen molar-refractivity contribution in [2.45, 2.75) is 61.7 Å². The first-order valence-electron chi connectivity index (χ1n) is 6.85. The van der Waals surface area contributed by atoms with Gasteiger partial charge in [-0.3, -0.25) is 0 Å². The number of hydrogen-bond acceptors (Lipinski definition) is 9. The first kappa shape index (κ1) is 18.3. The van der Waals surface area contributed by atoms with Crippen LogP contribution < -0.4 is 0 Å². The molecule has 0 aromatic heterocycles. The molecule has 130 valence electrons. The van der Waals surface area contributed by atoms with Gasteiger partial charge in [0.2, 0.25) is 5.79 Å². The van der Waals surface area contributed by atoms with E-state index in [9.17, 15) is 30.6 Å². The van der Waals surface area contributed by atoms with Crippen molar-refractivity contribution in [2.75, 3.05) is 12.5 Å². The lowest BCUT2D eigenvalue weighted by molar-refractivity contribution is -0.379. The molecule has 2 saturated heterocycles. The highest BCUT2D eigenvalue weighted by Crippen LogP contribution is 2.36. The van der Waals surface area contributed by atoms with Gasteiger partial charge in [-0.1, -0.05) is 0 Å². The van der Waals surface area contributed by atoms with Crippen molar-refractivity contribution in [3.63, 3.8) is 0 Å². The fourth-order valence-electron chi connectivity index (χ4n) is 2.55. The molecule has 9 nitrogen and oxygen atoms in total. The van der Waals surface area contributed by atoms with Crippen LogP contribution in [-0.2, 0) is 14.2 Å². The summed E-state index contributed by atoms with van der Waals surface area (Å²) < 4.78 is 15.8. The summed E-state index contributed by atoms with van der Waals surface area (Å²) in [6.45, 7) is 0.600. The van der Waals surface area contributed by atoms with Crippen molar-refractivity contribution >= 4 is 11.6 Å². The third kappa shape index (κ3) is 2.98. The van der Waals surface area contributed by atoms with Crippen LogP contribution in [0.15, 0.2) is 0 Å². The van der Waals surface area contributed by atoms with E-state index in [0.29, 0.717) is 0 Å². The topological polar surface area (TPSA) is 149 Å². The molecule has 6 N–H and O–H groups in total. The Balaban J connectivity index is 2.16. The molecule has 0 aromatic carbocycles. The second-order valence-electron chi connectivity index (χ2n) is 5.52. The van der Waals surface area contributed by atoms with Crippen molar-refractivity contribution < 1.29 is 44.8 Å². The van der Waals surface area contributed by atoms with Crippen molar-refractivity contribution in [2.24, 2.45) is 0 Å². The highest BCUT2D eigenvalue weighted by Gasteiger charge is 2.58. The molecule has 9 atom stereocenters. The Morgan fingerprint density at radius 3 is 2.18 bits per heavy atom. The summed E-state index contributed by atoms with van der Waals surface area (Å²) >= 11 is 5.60. The number of hydrogen-bond donors (Lipinski definition) is 6. The molecule has 0 aliphatic carbocycles. The molecule has 0 unspecified atom stereocenters. The third-order valence-corrected chi connectivity index (χ3v) is 4.31. The number of rotatable bonds is 4. The summed E-state index contributed by atoms with van der Waals surface area (Å²) in [5.41, 5.74) is 0. The zero-order valence-corrected chi connectivity index (χ0v) is 12.6. The maximum absolute atomic E-state index is 10.0. The van der Waals surface area contributed by atoms with E-state index in [1.807, 2.05) is 0 Å². The van der Waals surface area contributed by atoms with E-state index in [4.69, 9.17) is 25.8 Å². The normalized spacial score (nSPS) is 52.9. The second-order valence-corrected chi connectivity index (χ2v) is 5.82. The van der Waals surface area contributed by atoms with Gasteiger partial charge in [0, 0.05) is 0 Å². The number of halogens is 1. The zero-order valence-electron chi connectivity index (χ0n) is 11.8. The Morgan fingerprint density at radius 1 is 1.05 bits per heavy atom. The number of alkyl halides is 1. The van der Waals surface area contributed by atoms with E-state index in [0.717, 1.165) is 0 Å². The zero-order chi connectivity index (χ0) is 16.7. The smallest absolute Gasteiger partial charge is 0.224 e. The number of aliphatic hydroxyl groups is 6. The average molecular weight is 345 g/mol. The fraction of sp³-hybridized carbons (Fsp3) is 1.00. The Labute approximate surface area is 131 Å². The van der Waals surface area contributed by atoms with Crippen LogP contribution in [0.25, 0.3) is 0 Å². The molecule has 2 aliphatic rings. The third-order valence-electron chi connectivity index (χ3n) is 4.00. The molecule has 2 rings (SSSR count). The molecule has 0 radical (unpaired) electrons. The molecule has 0 spiro atoms. The first-order valence-corrected chi connectivity index (χ1v) is 7.39. The molecule has 0 amide bonds. The molecule has 22 heavy (non-hydrogen) atoms. The van der Waals surface area contributed by atoms with Crippen LogP contribution in [0.2, 0.25) is 0 Å². The lowest BCUT2D eigenvalue weighted by atomic mass is 9.99. The van der Waals surface area contributed by atoms with E-state index < -0.39 is 61.4 Å². The predicted molar refractivity (Wildman–Crippen MR) is 70.9 cm³/mol. The quantitative estimate of drug-likeness (QED) is 0.291. The number of aliphatic hydroxyl groups excluding tert-OH is 6. The van der Waals surface area contributed by atoms with Crippen LogP contribution >= 0.6 is 11.6 Å². The SMILES string of the molecule is C[C@H]1O[C@H](O[C@]2(CO)O[C@H](CCl)[C@@H](O)[C@@H]2O)[C@H](O)[C@@H](O)[C@H]1O. The summed E-state index contributed by atoms with van der Waals surface area (Å²) in [7, 11) is 0. The van der Waals surface area contributed by atoms with Gasteiger partial charge in [-0.05, 0) is 6.92 Å². The molecular weight excluding hydrogens is 324 g/mol. The molecule has 2 fully saturated rings. The lowest BCUT2D eigenvalue weighted by Gasteiger charge is -2.42. The minimum absolute atomic E-state index is 0.158. The highest BCUT2D eigenvalue weighted by molar-refractivity contribution is 6.18. The lowest BCUT2D eigenvalue weighted by Crippen LogP contribution is -2.61. The van der Waals surface area contributed by atoms with Gasteiger partial charge in [0.1, 0.15) is 43.2 Å². The van der Waals surface area contributed by atoms with E-state index in [-0.39, 0.29) is 5.88 Å². The summed E-state index contributed by atoms with van der Waals surface area (Å²) in [4.78, 5) is 0. The van der Waals surface area contributed by atoms with Gasteiger partial charge in [0.15, 0.2) is 6.29 Å². The first-order chi connectivity index (χ1) is 10.3. The van der Waals surface area contributed by atoms with Crippen LogP contribution in [0.5, 0.6) is 0 Å². The largest absolute Gasteiger partial charge is 0.391 e. The standard InChI is InChI=1S/C12H21ClO9/c1-4-6(15)8(17)9(18)11(20-4)22-12(3-14)10(19)7(16)5(2-13)21-12/h4-11,14-19H,2-3H2,1H3/t4-,5-,6+,7-,8+,9-,10+,11-,12+/m1/s1. The molecule has 2 heterocycles. The molecule has 0 saturated carbocycles. The summed E-state index contributed by atoms with van der Waals surface area (Å²) in [6, 6.07) is 0. The van der Waals surface area contributed by atoms with E-state index in [2.05, 4.69) is 0 Å². The van der Waals surface area contributed by atoms with E-state index in [1.54, 1.807) is 0 Å². The molecule has 0 bridgehead atoms.